The van der Waals surface area contributed by atoms with Gasteiger partial charge in [0, 0.05) is 10.5 Å². The number of amides is 1. The molecule has 0 spiro atoms. The Labute approximate surface area is 130 Å². The van der Waals surface area contributed by atoms with Crippen molar-refractivity contribution in [2.75, 3.05) is 0 Å². The summed E-state index contributed by atoms with van der Waals surface area (Å²) in [5, 5.41) is 3.22. The molecule has 1 fully saturated rings. The molecule has 3 heteroatoms. The van der Waals surface area contributed by atoms with Gasteiger partial charge in [0.25, 0.3) is 0 Å². The van der Waals surface area contributed by atoms with Crippen molar-refractivity contribution >= 4 is 21.8 Å². The second-order valence-corrected chi connectivity index (χ2v) is 7.90. The fourth-order valence-electron chi connectivity index (χ4n) is 3.52. The van der Waals surface area contributed by atoms with Crippen LogP contribution >= 0.6 is 15.9 Å². The van der Waals surface area contributed by atoms with Gasteiger partial charge in [-0.2, -0.15) is 0 Å². The Bertz CT molecular complexity index is 466. The Kier molecular flexibility index (Phi) is 4.90. The molecule has 0 aromatic heterocycles. The molecule has 110 valence electrons. The molecule has 0 saturated heterocycles. The van der Waals surface area contributed by atoms with Crippen LogP contribution in [0, 0.1) is 11.3 Å². The molecule has 0 unspecified atom stereocenters. The summed E-state index contributed by atoms with van der Waals surface area (Å²) >= 11 is 3.41. The van der Waals surface area contributed by atoms with E-state index in [0.29, 0.717) is 23.8 Å². The van der Waals surface area contributed by atoms with E-state index in [1.54, 1.807) is 0 Å². The average molecular weight is 338 g/mol. The number of hydrogen-bond donors (Lipinski definition) is 1. The lowest BCUT2D eigenvalue weighted by molar-refractivity contribution is -0.121. The topological polar surface area (TPSA) is 29.1 Å². The molecule has 20 heavy (non-hydrogen) atoms. The second kappa shape index (κ2) is 6.30. The van der Waals surface area contributed by atoms with Crippen molar-refractivity contribution in [3.63, 3.8) is 0 Å². The molecule has 1 saturated carbocycles. The van der Waals surface area contributed by atoms with Crippen molar-refractivity contribution in [2.45, 2.75) is 52.5 Å². The largest absolute Gasteiger partial charge is 0.353 e. The first-order valence-corrected chi connectivity index (χ1v) is 8.17. The van der Waals surface area contributed by atoms with Crippen LogP contribution < -0.4 is 5.32 Å². The molecule has 2 nitrogen and oxygen atoms in total. The summed E-state index contributed by atoms with van der Waals surface area (Å²) in [6.07, 6.45) is 3.92. The summed E-state index contributed by atoms with van der Waals surface area (Å²) in [5.41, 5.74) is 1.40. The van der Waals surface area contributed by atoms with Crippen LogP contribution in [0.2, 0.25) is 0 Å². The SMILES string of the molecule is C[C@H]1C[C@H](NC(=O)Cc2ccc(Br)cc2)CC(C)(C)C1. The minimum Gasteiger partial charge on any atom is -0.353 e. The third-order valence-electron chi connectivity index (χ3n) is 4.03. The summed E-state index contributed by atoms with van der Waals surface area (Å²) in [6, 6.07) is 8.29. The maximum Gasteiger partial charge on any atom is 0.224 e. The van der Waals surface area contributed by atoms with Gasteiger partial charge in [0.15, 0.2) is 0 Å². The Morgan fingerprint density at radius 1 is 1.30 bits per heavy atom. The average Bonchev–Trinajstić information content (AvgIpc) is 2.29. The molecule has 0 radical (unpaired) electrons. The van der Waals surface area contributed by atoms with E-state index in [1.807, 2.05) is 24.3 Å². The monoisotopic (exact) mass is 337 g/mol. The highest BCUT2D eigenvalue weighted by atomic mass is 79.9. The summed E-state index contributed by atoms with van der Waals surface area (Å²) in [4.78, 5) is 12.2. The standard InChI is InChI=1S/C17H24BrNO/c1-12-8-15(11-17(2,3)10-12)19-16(20)9-13-4-6-14(18)7-5-13/h4-7,12,15H,8-11H2,1-3H3,(H,19,20)/t12-,15-/m0/s1. The van der Waals surface area contributed by atoms with Gasteiger partial charge in [-0.1, -0.05) is 48.8 Å². The summed E-state index contributed by atoms with van der Waals surface area (Å²) in [7, 11) is 0. The van der Waals surface area contributed by atoms with E-state index < -0.39 is 0 Å². The zero-order valence-electron chi connectivity index (χ0n) is 12.6. The van der Waals surface area contributed by atoms with E-state index >= 15 is 0 Å². The van der Waals surface area contributed by atoms with E-state index in [9.17, 15) is 4.79 Å². The third kappa shape index (κ3) is 4.62. The first-order valence-electron chi connectivity index (χ1n) is 7.38. The van der Waals surface area contributed by atoms with Crippen LogP contribution in [0.5, 0.6) is 0 Å². The van der Waals surface area contributed by atoms with Crippen LogP contribution in [-0.2, 0) is 11.2 Å². The predicted octanol–water partition coefficient (Wildman–Crippen LogP) is 4.32. The Balaban J connectivity index is 1.89. The smallest absolute Gasteiger partial charge is 0.224 e. The number of benzene rings is 1. The fraction of sp³-hybridized carbons (Fsp3) is 0.588. The summed E-state index contributed by atoms with van der Waals surface area (Å²) in [6.45, 7) is 6.89. The van der Waals surface area contributed by atoms with Crippen molar-refractivity contribution < 1.29 is 4.79 Å². The Morgan fingerprint density at radius 2 is 1.95 bits per heavy atom. The molecule has 1 aromatic rings. The molecule has 0 aliphatic heterocycles. The van der Waals surface area contributed by atoms with Gasteiger partial charge in [-0.15, -0.1) is 0 Å². The van der Waals surface area contributed by atoms with Gasteiger partial charge < -0.3 is 5.32 Å². The highest BCUT2D eigenvalue weighted by Gasteiger charge is 2.32. The molecule has 1 N–H and O–H groups in total. The lowest BCUT2D eigenvalue weighted by Gasteiger charge is -2.39. The molecule has 1 aromatic carbocycles. The van der Waals surface area contributed by atoms with Crippen LogP contribution in [0.4, 0.5) is 0 Å². The second-order valence-electron chi connectivity index (χ2n) is 6.98. The van der Waals surface area contributed by atoms with Crippen molar-refractivity contribution in [1.82, 2.24) is 5.32 Å². The van der Waals surface area contributed by atoms with Crippen LogP contribution in [0.25, 0.3) is 0 Å². The molecule has 0 heterocycles. The van der Waals surface area contributed by atoms with E-state index in [1.165, 1.54) is 6.42 Å². The van der Waals surface area contributed by atoms with E-state index in [2.05, 4.69) is 42.0 Å². The Hall–Kier alpha value is -0.830. The quantitative estimate of drug-likeness (QED) is 0.874. The summed E-state index contributed by atoms with van der Waals surface area (Å²) < 4.78 is 1.05. The molecule has 1 aliphatic carbocycles. The first kappa shape index (κ1) is 15.6. The highest BCUT2D eigenvalue weighted by molar-refractivity contribution is 9.10. The maximum absolute atomic E-state index is 12.2. The number of rotatable bonds is 3. The van der Waals surface area contributed by atoms with Crippen LogP contribution in [0.3, 0.4) is 0 Å². The van der Waals surface area contributed by atoms with Crippen molar-refractivity contribution in [1.29, 1.82) is 0 Å². The lowest BCUT2D eigenvalue weighted by Crippen LogP contribution is -2.43. The molecular weight excluding hydrogens is 314 g/mol. The van der Waals surface area contributed by atoms with Crippen molar-refractivity contribution in [3.05, 3.63) is 34.3 Å². The van der Waals surface area contributed by atoms with E-state index in [-0.39, 0.29) is 5.91 Å². The number of nitrogens with one attached hydrogen (secondary N) is 1. The summed E-state index contributed by atoms with van der Waals surface area (Å²) in [5.74, 6) is 0.832. The minimum atomic E-state index is 0.141. The molecule has 2 atom stereocenters. The predicted molar refractivity (Wildman–Crippen MR) is 86.6 cm³/mol. The van der Waals surface area contributed by atoms with Gasteiger partial charge in [-0.25, -0.2) is 0 Å². The normalized spacial score (nSPS) is 25.2. The van der Waals surface area contributed by atoms with Gasteiger partial charge in [0.2, 0.25) is 5.91 Å². The van der Waals surface area contributed by atoms with Gasteiger partial charge in [-0.05, 0) is 48.3 Å². The van der Waals surface area contributed by atoms with Crippen LogP contribution in [0.1, 0.15) is 45.6 Å². The molecule has 0 bridgehead atoms. The van der Waals surface area contributed by atoms with Gasteiger partial charge in [0.1, 0.15) is 0 Å². The number of hydrogen-bond acceptors (Lipinski definition) is 1. The zero-order chi connectivity index (χ0) is 14.8. The zero-order valence-corrected chi connectivity index (χ0v) is 14.2. The maximum atomic E-state index is 12.2. The molecule has 1 aliphatic rings. The van der Waals surface area contributed by atoms with Crippen molar-refractivity contribution in [2.24, 2.45) is 11.3 Å². The van der Waals surface area contributed by atoms with Gasteiger partial charge in [-0.3, -0.25) is 4.79 Å². The fourth-order valence-corrected chi connectivity index (χ4v) is 3.79. The Morgan fingerprint density at radius 3 is 2.55 bits per heavy atom. The van der Waals surface area contributed by atoms with E-state index in [4.69, 9.17) is 0 Å². The lowest BCUT2D eigenvalue weighted by atomic mass is 9.70. The number of halogens is 1. The van der Waals surface area contributed by atoms with Crippen LogP contribution in [0.15, 0.2) is 28.7 Å². The van der Waals surface area contributed by atoms with Gasteiger partial charge in [0.05, 0.1) is 6.42 Å². The molecule has 1 amide bonds. The molecular formula is C17H24BrNO. The number of carbonyl (C=O) groups excluding carboxylic acids is 1. The minimum absolute atomic E-state index is 0.141. The first-order chi connectivity index (χ1) is 9.34. The van der Waals surface area contributed by atoms with Crippen molar-refractivity contribution in [3.8, 4) is 0 Å². The molecule has 2 rings (SSSR count). The van der Waals surface area contributed by atoms with Crippen LogP contribution in [-0.4, -0.2) is 11.9 Å². The van der Waals surface area contributed by atoms with E-state index in [0.717, 1.165) is 22.9 Å². The van der Waals surface area contributed by atoms with Gasteiger partial charge >= 0.3 is 0 Å². The highest BCUT2D eigenvalue weighted by Crippen LogP contribution is 2.38. The number of carbonyl (C=O) groups is 1. The third-order valence-corrected chi connectivity index (χ3v) is 4.56.